The molecule has 0 radical (unpaired) electrons. The Hall–Kier alpha value is -1.33. The van der Waals surface area contributed by atoms with Crippen LogP contribution in [0, 0.1) is 11.3 Å². The van der Waals surface area contributed by atoms with Crippen LogP contribution in [0.1, 0.15) is 49.7 Å². The van der Waals surface area contributed by atoms with Crippen molar-refractivity contribution >= 4 is 0 Å². The number of nitrogens with zero attached hydrogens (tertiary/aromatic N) is 2. The highest BCUT2D eigenvalue weighted by molar-refractivity contribution is 5.35. The number of nitriles is 1. The molecular formula is C16H22N2. The SMILES string of the molecule is CCCN(C)C1CCCC1c1cccc(C#N)c1. The molecule has 18 heavy (non-hydrogen) atoms. The molecule has 0 amide bonds. The van der Waals surface area contributed by atoms with Crippen LogP contribution >= 0.6 is 0 Å². The van der Waals surface area contributed by atoms with Crippen molar-refractivity contribution in [3.8, 4) is 6.07 Å². The number of likely N-dealkylation sites (N-methyl/N-ethyl adjacent to an activating group) is 1. The zero-order valence-corrected chi connectivity index (χ0v) is 11.4. The molecule has 0 bridgehead atoms. The largest absolute Gasteiger partial charge is 0.303 e. The van der Waals surface area contributed by atoms with Gasteiger partial charge in [-0.1, -0.05) is 25.5 Å². The molecule has 0 spiro atoms. The van der Waals surface area contributed by atoms with Crippen LogP contribution in [0.2, 0.25) is 0 Å². The molecule has 2 heteroatoms. The Balaban J connectivity index is 2.18. The molecule has 2 rings (SSSR count). The third-order valence-corrected chi connectivity index (χ3v) is 4.07. The summed E-state index contributed by atoms with van der Waals surface area (Å²) in [5.41, 5.74) is 2.13. The van der Waals surface area contributed by atoms with Crippen molar-refractivity contribution in [1.29, 1.82) is 5.26 Å². The predicted octanol–water partition coefficient (Wildman–Crippen LogP) is 3.54. The van der Waals surface area contributed by atoms with Gasteiger partial charge in [-0.2, -0.15) is 5.26 Å². The van der Waals surface area contributed by atoms with Crippen molar-refractivity contribution in [3.63, 3.8) is 0 Å². The van der Waals surface area contributed by atoms with Gasteiger partial charge in [0.1, 0.15) is 0 Å². The Kier molecular flexibility index (Phi) is 4.38. The van der Waals surface area contributed by atoms with Gasteiger partial charge in [-0.05, 0) is 56.5 Å². The second-order valence-corrected chi connectivity index (χ2v) is 5.32. The molecular weight excluding hydrogens is 220 g/mol. The van der Waals surface area contributed by atoms with Crippen molar-refractivity contribution < 1.29 is 0 Å². The fourth-order valence-corrected chi connectivity index (χ4v) is 3.21. The van der Waals surface area contributed by atoms with Crippen molar-refractivity contribution in [2.24, 2.45) is 0 Å². The van der Waals surface area contributed by atoms with Gasteiger partial charge in [0.25, 0.3) is 0 Å². The van der Waals surface area contributed by atoms with E-state index in [9.17, 15) is 0 Å². The second kappa shape index (κ2) is 6.02. The Morgan fingerprint density at radius 2 is 2.22 bits per heavy atom. The van der Waals surface area contributed by atoms with Crippen LogP contribution < -0.4 is 0 Å². The summed E-state index contributed by atoms with van der Waals surface area (Å²) in [4.78, 5) is 2.50. The lowest BCUT2D eigenvalue weighted by Gasteiger charge is -2.29. The van der Waals surface area contributed by atoms with Gasteiger partial charge in [0.15, 0.2) is 0 Å². The maximum atomic E-state index is 9.00. The fourth-order valence-electron chi connectivity index (χ4n) is 3.21. The van der Waals surface area contributed by atoms with E-state index in [1.165, 1.54) is 37.8 Å². The first kappa shape index (κ1) is 13.1. The van der Waals surface area contributed by atoms with E-state index in [0.29, 0.717) is 12.0 Å². The molecule has 1 aliphatic carbocycles. The highest BCUT2D eigenvalue weighted by Crippen LogP contribution is 2.37. The maximum absolute atomic E-state index is 9.00. The summed E-state index contributed by atoms with van der Waals surface area (Å²) in [5.74, 6) is 0.606. The van der Waals surface area contributed by atoms with Crippen LogP contribution in [0.15, 0.2) is 24.3 Å². The number of hydrogen-bond donors (Lipinski definition) is 0. The summed E-state index contributed by atoms with van der Waals surface area (Å²) >= 11 is 0. The molecule has 1 aromatic carbocycles. The average Bonchev–Trinajstić information content (AvgIpc) is 2.88. The van der Waals surface area contributed by atoms with Crippen LogP contribution in [0.3, 0.4) is 0 Å². The van der Waals surface area contributed by atoms with E-state index in [2.05, 4.69) is 37.1 Å². The lowest BCUT2D eigenvalue weighted by Crippen LogP contribution is -2.34. The zero-order valence-electron chi connectivity index (χ0n) is 11.4. The van der Waals surface area contributed by atoms with E-state index in [1.54, 1.807) is 0 Å². The molecule has 2 unspecified atom stereocenters. The van der Waals surface area contributed by atoms with Gasteiger partial charge < -0.3 is 4.90 Å². The van der Waals surface area contributed by atoms with Crippen molar-refractivity contribution in [3.05, 3.63) is 35.4 Å². The maximum Gasteiger partial charge on any atom is 0.0991 e. The monoisotopic (exact) mass is 242 g/mol. The fraction of sp³-hybridized carbons (Fsp3) is 0.562. The normalized spacial score (nSPS) is 23.2. The Bertz CT molecular complexity index is 433. The van der Waals surface area contributed by atoms with Gasteiger partial charge in [0, 0.05) is 6.04 Å². The van der Waals surface area contributed by atoms with Gasteiger partial charge >= 0.3 is 0 Å². The average molecular weight is 242 g/mol. The summed E-state index contributed by atoms with van der Waals surface area (Å²) < 4.78 is 0. The Morgan fingerprint density at radius 3 is 2.94 bits per heavy atom. The molecule has 1 saturated carbocycles. The standard InChI is InChI=1S/C16H22N2/c1-3-10-18(2)16-9-5-8-15(16)14-7-4-6-13(11-14)12-17/h4,6-7,11,15-16H,3,5,8-10H2,1-2H3. The summed E-state index contributed by atoms with van der Waals surface area (Å²) in [5, 5.41) is 9.00. The van der Waals surface area contributed by atoms with Crippen molar-refractivity contribution in [2.45, 2.75) is 44.6 Å². The molecule has 2 atom stereocenters. The quantitative estimate of drug-likeness (QED) is 0.807. The van der Waals surface area contributed by atoms with E-state index in [-0.39, 0.29) is 0 Å². The number of hydrogen-bond acceptors (Lipinski definition) is 2. The topological polar surface area (TPSA) is 27.0 Å². The van der Waals surface area contributed by atoms with Gasteiger partial charge in [-0.25, -0.2) is 0 Å². The van der Waals surface area contributed by atoms with Gasteiger partial charge in [0.2, 0.25) is 0 Å². The minimum Gasteiger partial charge on any atom is -0.303 e. The summed E-state index contributed by atoms with van der Waals surface area (Å²) in [6.45, 7) is 3.40. The van der Waals surface area contributed by atoms with Crippen LogP contribution in [-0.4, -0.2) is 24.5 Å². The number of benzene rings is 1. The van der Waals surface area contributed by atoms with Crippen molar-refractivity contribution in [1.82, 2.24) is 4.90 Å². The van der Waals surface area contributed by atoms with Crippen LogP contribution in [0.5, 0.6) is 0 Å². The van der Waals surface area contributed by atoms with E-state index < -0.39 is 0 Å². The third-order valence-electron chi connectivity index (χ3n) is 4.07. The minimum atomic E-state index is 0.606. The summed E-state index contributed by atoms with van der Waals surface area (Å²) in [6.07, 6.45) is 5.06. The Morgan fingerprint density at radius 1 is 1.39 bits per heavy atom. The molecule has 96 valence electrons. The molecule has 0 aliphatic heterocycles. The highest BCUT2D eigenvalue weighted by Gasteiger charge is 2.31. The van der Waals surface area contributed by atoms with Gasteiger partial charge in [-0.3, -0.25) is 0 Å². The smallest absolute Gasteiger partial charge is 0.0991 e. The molecule has 0 aromatic heterocycles. The molecule has 0 N–H and O–H groups in total. The van der Waals surface area contributed by atoms with E-state index in [0.717, 1.165) is 5.56 Å². The van der Waals surface area contributed by atoms with Gasteiger partial charge in [-0.15, -0.1) is 0 Å². The Labute approximate surface area is 110 Å². The number of rotatable bonds is 4. The van der Waals surface area contributed by atoms with E-state index in [1.807, 2.05) is 12.1 Å². The molecule has 2 nitrogen and oxygen atoms in total. The molecule has 0 heterocycles. The molecule has 1 aliphatic rings. The van der Waals surface area contributed by atoms with E-state index >= 15 is 0 Å². The first-order valence-corrected chi connectivity index (χ1v) is 6.96. The summed E-state index contributed by atoms with van der Waals surface area (Å²) in [6, 6.07) is 11.1. The minimum absolute atomic E-state index is 0.606. The molecule has 1 aromatic rings. The van der Waals surface area contributed by atoms with Crippen molar-refractivity contribution in [2.75, 3.05) is 13.6 Å². The third kappa shape index (κ3) is 2.73. The van der Waals surface area contributed by atoms with Crippen LogP contribution in [0.4, 0.5) is 0 Å². The zero-order chi connectivity index (χ0) is 13.0. The molecule has 0 saturated heterocycles. The van der Waals surface area contributed by atoms with Crippen LogP contribution in [-0.2, 0) is 0 Å². The highest BCUT2D eigenvalue weighted by atomic mass is 15.1. The molecule has 1 fully saturated rings. The first-order valence-electron chi connectivity index (χ1n) is 6.96. The lowest BCUT2D eigenvalue weighted by atomic mass is 9.92. The summed E-state index contributed by atoms with van der Waals surface area (Å²) in [7, 11) is 2.24. The lowest BCUT2D eigenvalue weighted by molar-refractivity contribution is 0.228. The predicted molar refractivity (Wildman–Crippen MR) is 74.5 cm³/mol. The van der Waals surface area contributed by atoms with E-state index in [4.69, 9.17) is 5.26 Å². The first-order chi connectivity index (χ1) is 8.76. The van der Waals surface area contributed by atoms with Crippen LogP contribution in [0.25, 0.3) is 0 Å². The van der Waals surface area contributed by atoms with Gasteiger partial charge in [0.05, 0.1) is 11.6 Å². The second-order valence-electron chi connectivity index (χ2n) is 5.32.